The number of aliphatic hydroxyl groups excluding tert-OH is 1. The van der Waals surface area contributed by atoms with E-state index >= 15 is 0 Å². The highest BCUT2D eigenvalue weighted by atomic mass is 32.1. The third-order valence-electron chi connectivity index (χ3n) is 4.13. The minimum Gasteiger partial charge on any atom is -0.390 e. The molecule has 1 N–H and O–H groups in total. The molecule has 6 nitrogen and oxygen atoms in total. The first-order valence-electron chi connectivity index (χ1n) is 8.29. The highest BCUT2D eigenvalue weighted by Gasteiger charge is 2.23. The number of morpholine rings is 1. The summed E-state index contributed by atoms with van der Waals surface area (Å²) in [7, 11) is 1.73. The number of hydrogen-bond donors (Lipinski definition) is 1. The van der Waals surface area contributed by atoms with E-state index in [0.717, 1.165) is 28.7 Å². The molecular formula is C17H23N3O3S2. The number of nitrogens with zero attached hydrogens (tertiary/aromatic N) is 3. The predicted molar refractivity (Wildman–Crippen MR) is 100 cm³/mol. The number of aromatic nitrogens is 1. The van der Waals surface area contributed by atoms with Crippen LogP contribution in [0.3, 0.4) is 0 Å². The lowest BCUT2D eigenvalue weighted by Gasteiger charge is -2.30. The lowest BCUT2D eigenvalue weighted by molar-refractivity contribution is 0.00882. The van der Waals surface area contributed by atoms with Crippen molar-refractivity contribution in [3.8, 4) is 9.88 Å². The lowest BCUT2D eigenvalue weighted by atomic mass is 10.2. The summed E-state index contributed by atoms with van der Waals surface area (Å²) < 4.78 is 5.31. The van der Waals surface area contributed by atoms with Gasteiger partial charge in [0.05, 0.1) is 29.9 Å². The first kappa shape index (κ1) is 18.5. The average Bonchev–Trinajstić information content (AvgIpc) is 3.24. The molecule has 0 bridgehead atoms. The average molecular weight is 382 g/mol. The Morgan fingerprint density at radius 1 is 1.48 bits per heavy atom. The summed E-state index contributed by atoms with van der Waals surface area (Å²) in [4.78, 5) is 22.7. The van der Waals surface area contributed by atoms with Gasteiger partial charge in [0.1, 0.15) is 9.88 Å². The second-order valence-electron chi connectivity index (χ2n) is 6.16. The van der Waals surface area contributed by atoms with Crippen LogP contribution in [0.25, 0.3) is 9.88 Å². The number of carbonyl (C=O) groups is 1. The van der Waals surface area contributed by atoms with Crippen LogP contribution < -0.4 is 0 Å². The van der Waals surface area contributed by atoms with Crippen LogP contribution in [0.2, 0.25) is 0 Å². The number of ether oxygens (including phenoxy) is 1. The molecule has 1 saturated heterocycles. The van der Waals surface area contributed by atoms with Crippen molar-refractivity contribution in [2.24, 2.45) is 0 Å². The van der Waals surface area contributed by atoms with Gasteiger partial charge in [-0.1, -0.05) is 6.07 Å². The van der Waals surface area contributed by atoms with Crippen molar-refractivity contribution in [1.82, 2.24) is 14.8 Å². The Bertz CT molecular complexity index is 696. The Hall–Kier alpha value is -1.32. The van der Waals surface area contributed by atoms with Gasteiger partial charge in [0, 0.05) is 33.2 Å². The minimum absolute atomic E-state index is 0.0844. The summed E-state index contributed by atoms with van der Waals surface area (Å²) in [5.74, 6) is -0.0844. The molecule has 1 fully saturated rings. The number of aliphatic hydroxyl groups is 1. The zero-order chi connectivity index (χ0) is 17.8. The molecule has 136 valence electrons. The third-order valence-corrected chi connectivity index (χ3v) is 6.31. The summed E-state index contributed by atoms with van der Waals surface area (Å²) in [6, 6.07) is 3.99. The van der Waals surface area contributed by atoms with Crippen molar-refractivity contribution in [3.63, 3.8) is 0 Å². The molecule has 8 heteroatoms. The van der Waals surface area contributed by atoms with Gasteiger partial charge in [-0.05, 0) is 18.4 Å². The maximum atomic E-state index is 12.7. The van der Waals surface area contributed by atoms with Crippen molar-refractivity contribution < 1.29 is 14.6 Å². The number of likely N-dealkylation sites (N-methyl/N-ethyl adjacent to an activating group) is 1. The molecule has 1 atom stereocenters. The van der Waals surface area contributed by atoms with Crippen LogP contribution in [0.4, 0.5) is 0 Å². The van der Waals surface area contributed by atoms with Gasteiger partial charge >= 0.3 is 0 Å². The monoisotopic (exact) mass is 381 g/mol. The summed E-state index contributed by atoms with van der Waals surface area (Å²) in [5.41, 5.74) is 0.743. The molecule has 0 saturated carbocycles. The van der Waals surface area contributed by atoms with Crippen LogP contribution in [0.15, 0.2) is 17.5 Å². The molecule has 1 aliphatic heterocycles. The van der Waals surface area contributed by atoms with E-state index in [4.69, 9.17) is 4.74 Å². The largest absolute Gasteiger partial charge is 0.390 e. The number of hydrogen-bond acceptors (Lipinski definition) is 7. The van der Waals surface area contributed by atoms with Gasteiger partial charge in [0.15, 0.2) is 0 Å². The molecule has 0 unspecified atom stereocenters. The molecule has 0 aliphatic carbocycles. The maximum absolute atomic E-state index is 12.7. The fourth-order valence-corrected chi connectivity index (χ4v) is 4.67. The van der Waals surface area contributed by atoms with Crippen LogP contribution in [0, 0.1) is 6.92 Å². The highest BCUT2D eigenvalue weighted by molar-refractivity contribution is 7.22. The lowest BCUT2D eigenvalue weighted by Crippen LogP contribution is -2.45. The van der Waals surface area contributed by atoms with E-state index < -0.39 is 6.10 Å². The molecule has 0 spiro atoms. The summed E-state index contributed by atoms with van der Waals surface area (Å²) in [5, 5.41) is 13.2. The zero-order valence-electron chi connectivity index (χ0n) is 14.5. The summed E-state index contributed by atoms with van der Waals surface area (Å²) >= 11 is 3.03. The number of rotatable bonds is 6. The van der Waals surface area contributed by atoms with Gasteiger partial charge < -0.3 is 14.7 Å². The summed E-state index contributed by atoms with van der Waals surface area (Å²) in [6.07, 6.45) is -0.572. The van der Waals surface area contributed by atoms with Crippen LogP contribution in [0.5, 0.6) is 0 Å². The van der Waals surface area contributed by atoms with Crippen LogP contribution in [0.1, 0.15) is 15.4 Å². The van der Waals surface area contributed by atoms with Crippen LogP contribution in [-0.4, -0.2) is 78.3 Å². The summed E-state index contributed by atoms with van der Waals surface area (Å²) in [6.45, 7) is 5.78. The smallest absolute Gasteiger partial charge is 0.265 e. The standard InChI is InChI=1S/C17H23N3O3S2/c1-12-15(25-16(18-12)14-4-3-9-24-14)17(22)19(2)10-13(21)11-20-5-7-23-8-6-20/h3-4,9,13,21H,5-8,10-11H2,1-2H3/t13-/m1/s1. The molecule has 1 amide bonds. The molecule has 3 rings (SSSR count). The molecule has 3 heterocycles. The number of carbonyl (C=O) groups excluding carboxylic acids is 1. The Morgan fingerprint density at radius 3 is 2.92 bits per heavy atom. The van der Waals surface area contributed by atoms with Gasteiger partial charge in [-0.25, -0.2) is 4.98 Å². The predicted octanol–water partition coefficient (Wildman–Crippen LogP) is 1.95. The Balaban J connectivity index is 1.60. The van der Waals surface area contributed by atoms with Gasteiger partial charge in [0.25, 0.3) is 5.91 Å². The second kappa shape index (κ2) is 8.37. The first-order valence-corrected chi connectivity index (χ1v) is 9.99. The van der Waals surface area contributed by atoms with Gasteiger partial charge in [-0.15, -0.1) is 22.7 Å². The van der Waals surface area contributed by atoms with E-state index in [1.807, 2.05) is 24.4 Å². The van der Waals surface area contributed by atoms with Crippen molar-refractivity contribution in [2.75, 3.05) is 46.4 Å². The van der Waals surface area contributed by atoms with E-state index in [1.54, 1.807) is 23.3 Å². The van der Waals surface area contributed by atoms with Crippen LogP contribution in [-0.2, 0) is 4.74 Å². The Morgan fingerprint density at radius 2 is 2.24 bits per heavy atom. The number of β-amino-alcohol motifs (C(OH)–C–C–N with tert-alkyl or cyclic N) is 1. The van der Waals surface area contributed by atoms with E-state index in [2.05, 4.69) is 9.88 Å². The third kappa shape index (κ3) is 4.65. The fraction of sp³-hybridized carbons (Fsp3) is 0.529. The zero-order valence-corrected chi connectivity index (χ0v) is 16.1. The van der Waals surface area contributed by atoms with E-state index in [9.17, 15) is 9.90 Å². The Kier molecular flexibility index (Phi) is 6.19. The minimum atomic E-state index is -0.572. The number of thiophene rings is 1. The van der Waals surface area contributed by atoms with Crippen molar-refractivity contribution >= 4 is 28.6 Å². The van der Waals surface area contributed by atoms with Gasteiger partial charge in [-0.2, -0.15) is 0 Å². The molecule has 0 aromatic carbocycles. The number of amides is 1. The molecule has 0 radical (unpaired) electrons. The molecule has 1 aliphatic rings. The van der Waals surface area contributed by atoms with E-state index in [1.165, 1.54) is 11.3 Å². The van der Waals surface area contributed by atoms with E-state index in [-0.39, 0.29) is 5.91 Å². The highest BCUT2D eigenvalue weighted by Crippen LogP contribution is 2.31. The van der Waals surface area contributed by atoms with Crippen molar-refractivity contribution in [2.45, 2.75) is 13.0 Å². The normalized spacial score (nSPS) is 16.8. The first-order chi connectivity index (χ1) is 12.0. The maximum Gasteiger partial charge on any atom is 0.265 e. The topological polar surface area (TPSA) is 65.9 Å². The molecule has 25 heavy (non-hydrogen) atoms. The quantitative estimate of drug-likeness (QED) is 0.828. The Labute approximate surface area is 155 Å². The number of aryl methyl sites for hydroxylation is 1. The van der Waals surface area contributed by atoms with Gasteiger partial charge in [-0.3, -0.25) is 9.69 Å². The molecular weight excluding hydrogens is 358 g/mol. The van der Waals surface area contributed by atoms with Crippen LogP contribution >= 0.6 is 22.7 Å². The SMILES string of the molecule is Cc1nc(-c2cccs2)sc1C(=O)N(C)C[C@@H](O)CN1CCOCC1. The van der Waals surface area contributed by atoms with Gasteiger partial charge in [0.2, 0.25) is 0 Å². The van der Waals surface area contributed by atoms with E-state index in [0.29, 0.717) is 31.2 Å². The second-order valence-corrected chi connectivity index (χ2v) is 8.11. The fourth-order valence-electron chi connectivity index (χ4n) is 2.81. The van der Waals surface area contributed by atoms with Crippen molar-refractivity contribution in [3.05, 3.63) is 28.1 Å². The molecule has 2 aromatic heterocycles. The molecule has 2 aromatic rings. The van der Waals surface area contributed by atoms with Crippen molar-refractivity contribution in [1.29, 1.82) is 0 Å². The number of thiazole rings is 1.